The summed E-state index contributed by atoms with van der Waals surface area (Å²) in [6.07, 6.45) is 0. The summed E-state index contributed by atoms with van der Waals surface area (Å²) >= 11 is 5.18. The Morgan fingerprint density at radius 2 is 2.00 bits per heavy atom. The largest absolute Gasteiger partial charge is 0.356 e. The summed E-state index contributed by atoms with van der Waals surface area (Å²) in [4.78, 5) is 19.5. The minimum Gasteiger partial charge on any atom is -0.297 e. The molecule has 0 atom stereocenters. The van der Waals surface area contributed by atoms with Gasteiger partial charge in [-0.1, -0.05) is 30.3 Å². The third-order valence-corrected chi connectivity index (χ3v) is 1.55. The number of carbonyl (C=O) groups is 1. The molecule has 3 nitrogen and oxygen atoms in total. The zero-order chi connectivity index (χ0) is 9.52. The van der Waals surface area contributed by atoms with Gasteiger partial charge in [0.1, 0.15) is 12.5 Å². The SMILES string of the molecule is O=C(CCl)OOCc1ccccc1. The standard InChI is InChI=1S/C9H9ClO3/c10-6-9(11)13-12-7-8-4-2-1-3-5-8/h1-5H,6-7H2. The van der Waals surface area contributed by atoms with Crippen LogP contribution in [0.15, 0.2) is 30.3 Å². The number of carbonyl (C=O) groups excluding carboxylic acids is 1. The van der Waals surface area contributed by atoms with Crippen LogP contribution in [0.4, 0.5) is 0 Å². The minimum atomic E-state index is -0.586. The van der Waals surface area contributed by atoms with Gasteiger partial charge in [-0.3, -0.25) is 4.89 Å². The first-order valence-electron chi connectivity index (χ1n) is 3.75. The van der Waals surface area contributed by atoms with E-state index in [4.69, 9.17) is 11.6 Å². The van der Waals surface area contributed by atoms with Crippen molar-refractivity contribution in [3.63, 3.8) is 0 Å². The van der Waals surface area contributed by atoms with Crippen molar-refractivity contribution >= 4 is 17.6 Å². The van der Waals surface area contributed by atoms with Crippen molar-refractivity contribution in [2.45, 2.75) is 6.61 Å². The molecule has 0 saturated heterocycles. The van der Waals surface area contributed by atoms with E-state index in [1.165, 1.54) is 0 Å². The highest BCUT2D eigenvalue weighted by Gasteiger charge is 2.00. The molecule has 0 N–H and O–H groups in total. The lowest BCUT2D eigenvalue weighted by molar-refractivity contribution is -0.277. The fraction of sp³-hybridized carbons (Fsp3) is 0.222. The monoisotopic (exact) mass is 200 g/mol. The lowest BCUT2D eigenvalue weighted by atomic mass is 10.2. The first kappa shape index (κ1) is 10.0. The van der Waals surface area contributed by atoms with Gasteiger partial charge in [0, 0.05) is 0 Å². The van der Waals surface area contributed by atoms with E-state index in [0.29, 0.717) is 0 Å². The van der Waals surface area contributed by atoms with E-state index in [0.717, 1.165) is 5.56 Å². The first-order chi connectivity index (χ1) is 6.33. The van der Waals surface area contributed by atoms with Crippen LogP contribution in [0.5, 0.6) is 0 Å². The van der Waals surface area contributed by atoms with Crippen LogP contribution in [-0.4, -0.2) is 11.8 Å². The molecule has 4 heteroatoms. The Bertz CT molecular complexity index is 261. The molecule has 0 amide bonds. The molecule has 0 aromatic heterocycles. The average Bonchev–Trinajstić information content (AvgIpc) is 2.19. The molecule has 70 valence electrons. The van der Waals surface area contributed by atoms with Gasteiger partial charge in [0.25, 0.3) is 0 Å². The summed E-state index contributed by atoms with van der Waals surface area (Å²) in [5, 5.41) is 0. The summed E-state index contributed by atoms with van der Waals surface area (Å²) in [5.74, 6) is -0.785. The van der Waals surface area contributed by atoms with Crippen LogP contribution in [0, 0.1) is 0 Å². The Balaban J connectivity index is 2.24. The quantitative estimate of drug-likeness (QED) is 0.423. The fourth-order valence-corrected chi connectivity index (χ4v) is 0.804. The molecular weight excluding hydrogens is 192 g/mol. The molecule has 1 aromatic rings. The van der Waals surface area contributed by atoms with Gasteiger partial charge in [-0.2, -0.15) is 4.89 Å². The van der Waals surface area contributed by atoms with Gasteiger partial charge in [0.2, 0.25) is 0 Å². The Hall–Kier alpha value is -1.06. The third kappa shape index (κ3) is 3.92. The van der Waals surface area contributed by atoms with Gasteiger partial charge in [0.05, 0.1) is 0 Å². The van der Waals surface area contributed by atoms with Crippen molar-refractivity contribution in [2.24, 2.45) is 0 Å². The molecular formula is C9H9ClO3. The number of alkyl halides is 1. The summed E-state index contributed by atoms with van der Waals surface area (Å²) in [6.45, 7) is 0.240. The van der Waals surface area contributed by atoms with E-state index in [1.807, 2.05) is 30.3 Å². The highest BCUT2D eigenvalue weighted by Crippen LogP contribution is 2.00. The maximum Gasteiger partial charge on any atom is 0.356 e. The summed E-state index contributed by atoms with van der Waals surface area (Å²) in [7, 11) is 0. The molecule has 0 saturated carbocycles. The number of benzene rings is 1. The highest BCUT2D eigenvalue weighted by atomic mass is 35.5. The van der Waals surface area contributed by atoms with Crippen LogP contribution in [0.3, 0.4) is 0 Å². The molecule has 0 fully saturated rings. The van der Waals surface area contributed by atoms with E-state index in [2.05, 4.69) is 9.78 Å². The predicted molar refractivity (Wildman–Crippen MR) is 48.0 cm³/mol. The molecule has 13 heavy (non-hydrogen) atoms. The topological polar surface area (TPSA) is 35.5 Å². The number of halogens is 1. The van der Waals surface area contributed by atoms with E-state index >= 15 is 0 Å². The molecule has 0 aliphatic heterocycles. The van der Waals surface area contributed by atoms with E-state index < -0.39 is 5.97 Å². The van der Waals surface area contributed by atoms with Crippen molar-refractivity contribution in [3.8, 4) is 0 Å². The summed E-state index contributed by atoms with van der Waals surface area (Å²) in [5.41, 5.74) is 0.935. The number of rotatable bonds is 4. The van der Waals surface area contributed by atoms with Crippen LogP contribution in [0.2, 0.25) is 0 Å². The fourth-order valence-electron chi connectivity index (χ4n) is 0.760. The van der Waals surface area contributed by atoms with E-state index in [-0.39, 0.29) is 12.5 Å². The molecule has 0 bridgehead atoms. The number of hydrogen-bond donors (Lipinski definition) is 0. The van der Waals surface area contributed by atoms with Gasteiger partial charge < -0.3 is 0 Å². The predicted octanol–water partition coefficient (Wildman–Crippen LogP) is 1.90. The lowest BCUT2D eigenvalue weighted by Gasteiger charge is -2.01. The van der Waals surface area contributed by atoms with Crippen LogP contribution in [0.25, 0.3) is 0 Å². The van der Waals surface area contributed by atoms with Crippen molar-refractivity contribution in [2.75, 3.05) is 5.88 Å². The van der Waals surface area contributed by atoms with Gasteiger partial charge >= 0.3 is 5.97 Å². The molecule has 0 unspecified atom stereocenters. The van der Waals surface area contributed by atoms with Gasteiger partial charge in [-0.25, -0.2) is 4.79 Å². The van der Waals surface area contributed by atoms with Crippen molar-refractivity contribution < 1.29 is 14.6 Å². The molecule has 0 spiro atoms. The molecule has 0 radical (unpaired) electrons. The molecule has 0 heterocycles. The second-order valence-electron chi connectivity index (χ2n) is 2.34. The molecule has 0 aliphatic carbocycles. The van der Waals surface area contributed by atoms with Gasteiger partial charge in [0.15, 0.2) is 0 Å². The maximum absolute atomic E-state index is 10.5. The Kier molecular flexibility index (Phi) is 4.29. The molecule has 1 aromatic carbocycles. The summed E-state index contributed by atoms with van der Waals surface area (Å²) in [6, 6.07) is 9.39. The minimum absolute atomic E-state index is 0.200. The first-order valence-corrected chi connectivity index (χ1v) is 4.28. The Labute approximate surface area is 81.1 Å². The van der Waals surface area contributed by atoms with Crippen LogP contribution in [-0.2, 0) is 21.2 Å². The zero-order valence-electron chi connectivity index (χ0n) is 6.90. The molecule has 1 rings (SSSR count). The lowest BCUT2D eigenvalue weighted by Crippen LogP contribution is -2.06. The van der Waals surface area contributed by atoms with Gasteiger partial charge in [-0.05, 0) is 5.56 Å². The van der Waals surface area contributed by atoms with Crippen molar-refractivity contribution in [1.82, 2.24) is 0 Å². The van der Waals surface area contributed by atoms with Gasteiger partial charge in [-0.15, -0.1) is 11.6 Å². The van der Waals surface area contributed by atoms with E-state index in [9.17, 15) is 4.79 Å². The van der Waals surface area contributed by atoms with E-state index in [1.54, 1.807) is 0 Å². The average molecular weight is 201 g/mol. The molecule has 0 aliphatic rings. The third-order valence-electron chi connectivity index (χ3n) is 1.33. The Morgan fingerprint density at radius 1 is 1.31 bits per heavy atom. The smallest absolute Gasteiger partial charge is 0.297 e. The van der Waals surface area contributed by atoms with Crippen LogP contribution >= 0.6 is 11.6 Å². The second kappa shape index (κ2) is 5.56. The summed E-state index contributed by atoms with van der Waals surface area (Å²) < 4.78 is 0. The van der Waals surface area contributed by atoms with Crippen molar-refractivity contribution in [1.29, 1.82) is 0 Å². The Morgan fingerprint density at radius 3 is 2.62 bits per heavy atom. The number of hydrogen-bond acceptors (Lipinski definition) is 3. The highest BCUT2D eigenvalue weighted by molar-refractivity contribution is 6.26. The second-order valence-corrected chi connectivity index (χ2v) is 2.60. The maximum atomic E-state index is 10.5. The van der Waals surface area contributed by atoms with Crippen LogP contribution in [0.1, 0.15) is 5.56 Å². The zero-order valence-corrected chi connectivity index (χ0v) is 7.66. The normalized spacial score (nSPS) is 9.62. The van der Waals surface area contributed by atoms with Crippen LogP contribution < -0.4 is 0 Å². The van der Waals surface area contributed by atoms with Crippen molar-refractivity contribution in [3.05, 3.63) is 35.9 Å².